The molecule has 0 amide bonds. The topological polar surface area (TPSA) is 117 Å². The van der Waals surface area contributed by atoms with Crippen molar-refractivity contribution in [1.82, 2.24) is 0 Å². The van der Waals surface area contributed by atoms with E-state index in [1.807, 2.05) is 6.92 Å². The predicted octanol–water partition coefficient (Wildman–Crippen LogP) is 11.6. The summed E-state index contributed by atoms with van der Waals surface area (Å²) in [6.45, 7) is 6.74. The average Bonchev–Trinajstić information content (AvgIpc) is 3.08. The molecule has 0 radical (unpaired) electrons. The fourth-order valence-corrected chi connectivity index (χ4v) is 6.74. The molecule has 3 unspecified atom stereocenters. The third-order valence-corrected chi connectivity index (χ3v) is 10.2. The Morgan fingerprint density at radius 2 is 0.979 bits per heavy atom. The lowest BCUT2D eigenvalue weighted by Crippen LogP contribution is -2.29. The molecule has 0 heterocycles. The second kappa shape index (κ2) is 36.3. The lowest BCUT2D eigenvalue weighted by molar-refractivity contribution is -0.153. The molecular weight excluding hydrogens is 625 g/mol. The van der Waals surface area contributed by atoms with Gasteiger partial charge in [-0.05, 0) is 12.8 Å². The van der Waals surface area contributed by atoms with Gasteiger partial charge in [-0.2, -0.15) is 0 Å². The molecule has 48 heavy (non-hydrogen) atoms. The molecule has 0 aromatic heterocycles. The van der Waals surface area contributed by atoms with Gasteiger partial charge in [0, 0.05) is 13.2 Å². The maximum atomic E-state index is 12.7. The van der Waals surface area contributed by atoms with Crippen molar-refractivity contribution in [2.75, 3.05) is 33.0 Å². The van der Waals surface area contributed by atoms with E-state index in [4.69, 9.17) is 24.3 Å². The molecule has 0 bridgehead atoms. The maximum Gasteiger partial charge on any atom is 0.472 e. The van der Waals surface area contributed by atoms with E-state index in [9.17, 15) is 14.3 Å². The number of carbonyl (C=O) groups is 1. The van der Waals surface area contributed by atoms with Gasteiger partial charge in [-0.3, -0.25) is 13.8 Å². The summed E-state index contributed by atoms with van der Waals surface area (Å²) in [7, 11) is -4.24. The van der Waals surface area contributed by atoms with Crippen molar-refractivity contribution < 1.29 is 32.8 Å². The number of nitrogens with two attached hydrogens (primary N) is 1. The van der Waals surface area contributed by atoms with Crippen LogP contribution in [-0.4, -0.2) is 49.9 Å². The van der Waals surface area contributed by atoms with Crippen LogP contribution in [0.3, 0.4) is 0 Å². The number of unbranched alkanes of at least 4 members (excludes halogenated alkanes) is 25. The third-order valence-electron chi connectivity index (χ3n) is 9.20. The van der Waals surface area contributed by atoms with Crippen LogP contribution in [0.5, 0.6) is 0 Å². The van der Waals surface area contributed by atoms with Crippen molar-refractivity contribution in [1.29, 1.82) is 0 Å². The van der Waals surface area contributed by atoms with Gasteiger partial charge in [0.1, 0.15) is 12.7 Å². The average molecular weight is 706 g/mol. The van der Waals surface area contributed by atoms with E-state index < -0.39 is 13.9 Å². The highest BCUT2D eigenvalue weighted by atomic mass is 31.2. The minimum Gasteiger partial charge on any atom is -0.463 e. The van der Waals surface area contributed by atoms with Crippen LogP contribution in [0.25, 0.3) is 0 Å². The second-order valence-electron chi connectivity index (χ2n) is 14.0. The van der Waals surface area contributed by atoms with E-state index in [0.29, 0.717) is 6.61 Å². The number of hydrogen-bond acceptors (Lipinski definition) is 7. The molecule has 0 rings (SSSR count). The van der Waals surface area contributed by atoms with Gasteiger partial charge in [-0.15, -0.1) is 0 Å². The fourth-order valence-electron chi connectivity index (χ4n) is 5.98. The number of esters is 1. The van der Waals surface area contributed by atoms with Crippen LogP contribution in [0.2, 0.25) is 0 Å². The molecule has 0 fully saturated rings. The molecule has 0 aromatic rings. The first-order valence-electron chi connectivity index (χ1n) is 20.5. The molecule has 3 N–H and O–H groups in total. The van der Waals surface area contributed by atoms with E-state index in [2.05, 4.69) is 13.8 Å². The van der Waals surface area contributed by atoms with E-state index >= 15 is 0 Å². The summed E-state index contributed by atoms with van der Waals surface area (Å²) in [6, 6.07) is 0. The lowest BCUT2D eigenvalue weighted by Gasteiger charge is -2.21. The zero-order chi connectivity index (χ0) is 35.4. The molecule has 288 valence electrons. The van der Waals surface area contributed by atoms with Crippen molar-refractivity contribution >= 4 is 13.8 Å². The van der Waals surface area contributed by atoms with Crippen LogP contribution in [-0.2, 0) is 27.9 Å². The molecule has 8 nitrogen and oxygen atoms in total. The van der Waals surface area contributed by atoms with Crippen LogP contribution in [0.15, 0.2) is 0 Å². The van der Waals surface area contributed by atoms with Crippen LogP contribution >= 0.6 is 7.82 Å². The van der Waals surface area contributed by atoms with Gasteiger partial charge in [-0.25, -0.2) is 4.57 Å². The fraction of sp³-hybridized carbons (Fsp3) is 0.974. The van der Waals surface area contributed by atoms with Gasteiger partial charge in [0.15, 0.2) is 0 Å². The lowest BCUT2D eigenvalue weighted by atomic mass is 10.0. The Labute approximate surface area is 297 Å². The first-order valence-corrected chi connectivity index (χ1v) is 22.0. The standard InChI is InChI=1S/C39H80NO7P/c1-4-6-8-10-12-14-16-18-20-22-24-26-28-30-33-44-38(36-47-48(42,43)46-34-32-40)35-45-39(41)37(3)31-29-27-25-23-21-19-17-15-13-11-9-7-5-2/h37-38H,4-36,40H2,1-3H3,(H,42,43). The highest BCUT2D eigenvalue weighted by Crippen LogP contribution is 2.43. The van der Waals surface area contributed by atoms with Gasteiger partial charge in [0.25, 0.3) is 0 Å². The summed E-state index contributed by atoms with van der Waals surface area (Å²) in [5.74, 6) is -0.451. The van der Waals surface area contributed by atoms with Gasteiger partial charge in [0.2, 0.25) is 0 Å². The van der Waals surface area contributed by atoms with Gasteiger partial charge >= 0.3 is 13.8 Å². The minimum atomic E-state index is -4.24. The summed E-state index contributed by atoms with van der Waals surface area (Å²) < 4.78 is 33.6. The molecular formula is C39H80NO7P. The number of rotatable bonds is 39. The smallest absolute Gasteiger partial charge is 0.463 e. The molecule has 0 saturated heterocycles. The summed E-state index contributed by atoms with van der Waals surface area (Å²) in [5, 5.41) is 0. The molecule has 3 atom stereocenters. The number of carbonyl (C=O) groups excluding carboxylic acids is 1. The Bertz CT molecular complexity index is 726. The van der Waals surface area contributed by atoms with E-state index in [1.54, 1.807) is 0 Å². The Morgan fingerprint density at radius 1 is 0.583 bits per heavy atom. The summed E-state index contributed by atoms with van der Waals surface area (Å²) in [4.78, 5) is 22.6. The van der Waals surface area contributed by atoms with Crippen molar-refractivity contribution in [3.63, 3.8) is 0 Å². The van der Waals surface area contributed by atoms with Crippen LogP contribution < -0.4 is 5.73 Å². The number of hydrogen-bond donors (Lipinski definition) is 2. The highest BCUT2D eigenvalue weighted by Gasteiger charge is 2.25. The van der Waals surface area contributed by atoms with E-state index in [-0.39, 0.29) is 38.3 Å². The van der Waals surface area contributed by atoms with Gasteiger partial charge in [0.05, 0.1) is 19.1 Å². The van der Waals surface area contributed by atoms with Crippen molar-refractivity contribution in [3.05, 3.63) is 0 Å². The zero-order valence-electron chi connectivity index (χ0n) is 31.9. The van der Waals surface area contributed by atoms with E-state index in [0.717, 1.165) is 32.1 Å². The monoisotopic (exact) mass is 706 g/mol. The van der Waals surface area contributed by atoms with Crippen molar-refractivity contribution in [3.8, 4) is 0 Å². The minimum absolute atomic E-state index is 0.0166. The molecule has 9 heteroatoms. The van der Waals surface area contributed by atoms with Crippen LogP contribution in [0.1, 0.15) is 201 Å². The Hall–Kier alpha value is -0.500. The summed E-state index contributed by atoms with van der Waals surface area (Å²) in [6.07, 6.45) is 35.0. The van der Waals surface area contributed by atoms with Gasteiger partial charge in [-0.1, -0.05) is 188 Å². The molecule has 0 spiro atoms. The normalized spacial score (nSPS) is 14.2. The largest absolute Gasteiger partial charge is 0.472 e. The summed E-state index contributed by atoms with van der Waals surface area (Å²) >= 11 is 0. The maximum absolute atomic E-state index is 12.7. The van der Waals surface area contributed by atoms with Crippen LogP contribution in [0, 0.1) is 5.92 Å². The molecule has 0 aliphatic heterocycles. The second-order valence-corrected chi connectivity index (χ2v) is 15.5. The van der Waals surface area contributed by atoms with Crippen molar-refractivity contribution in [2.45, 2.75) is 207 Å². The van der Waals surface area contributed by atoms with Crippen molar-refractivity contribution in [2.24, 2.45) is 11.7 Å². The molecule has 0 aromatic carbocycles. The first-order chi connectivity index (χ1) is 23.4. The predicted molar refractivity (Wildman–Crippen MR) is 201 cm³/mol. The molecule has 0 aliphatic rings. The number of phosphoric acid groups is 1. The highest BCUT2D eigenvalue weighted by molar-refractivity contribution is 7.47. The van der Waals surface area contributed by atoms with Gasteiger partial charge < -0.3 is 20.1 Å². The zero-order valence-corrected chi connectivity index (χ0v) is 32.8. The van der Waals surface area contributed by atoms with Crippen LogP contribution in [0.4, 0.5) is 0 Å². The number of phosphoric ester groups is 1. The third kappa shape index (κ3) is 34.0. The number of ether oxygens (including phenoxy) is 2. The van der Waals surface area contributed by atoms with E-state index in [1.165, 1.54) is 148 Å². The molecule has 0 aliphatic carbocycles. The summed E-state index contributed by atoms with van der Waals surface area (Å²) in [5.41, 5.74) is 5.37. The first kappa shape index (κ1) is 47.5. The Kier molecular flexibility index (Phi) is 35.9. The Balaban J connectivity index is 4.14. The molecule has 0 saturated carbocycles. The quantitative estimate of drug-likeness (QED) is 0.0369. The SMILES string of the molecule is CCCCCCCCCCCCCCCCOC(COC(=O)C(C)CCCCCCCCCCCCCCC)COP(=O)(O)OCCN. The Morgan fingerprint density at radius 3 is 1.40 bits per heavy atom.